The normalized spacial score (nSPS) is 10.7. The molecule has 0 aliphatic heterocycles. The van der Waals surface area contributed by atoms with Crippen LogP contribution in [0.3, 0.4) is 0 Å². The molecular weight excluding hydrogens is 371 g/mol. The number of hydrogen-bond acceptors (Lipinski definition) is 6. The van der Waals surface area contributed by atoms with Gasteiger partial charge in [-0.05, 0) is 24.3 Å². The number of esters is 1. The molecule has 0 radical (unpaired) electrons. The van der Waals surface area contributed by atoms with E-state index < -0.39 is 41.5 Å². The zero-order valence-corrected chi connectivity index (χ0v) is 13.7. The van der Waals surface area contributed by atoms with Gasteiger partial charge < -0.3 is 10.5 Å². The molecule has 3 rings (SSSR count). The van der Waals surface area contributed by atoms with Gasteiger partial charge in [-0.15, -0.1) is 0 Å². The number of halogens is 3. The maximum Gasteiger partial charge on any atom is 0.338 e. The summed E-state index contributed by atoms with van der Waals surface area (Å²) >= 11 is 0.748. The van der Waals surface area contributed by atoms with Crippen LogP contribution in [0.1, 0.15) is 10.4 Å². The maximum atomic E-state index is 13.6. The molecule has 0 unspecified atom stereocenters. The SMILES string of the molecule is Nc1cccc(C(=O)OCC(=O)Nc2nc3c(F)c(F)c(F)cc3s2)c1. The number of nitrogens with zero attached hydrogens (tertiary/aromatic N) is 1. The lowest BCUT2D eigenvalue weighted by molar-refractivity contribution is -0.119. The van der Waals surface area contributed by atoms with Gasteiger partial charge in [0.1, 0.15) is 5.52 Å². The molecule has 134 valence electrons. The third-order valence-corrected chi connectivity index (χ3v) is 4.14. The Bertz CT molecular complexity index is 1020. The van der Waals surface area contributed by atoms with Crippen molar-refractivity contribution in [2.24, 2.45) is 0 Å². The Hall–Kier alpha value is -3.14. The summed E-state index contributed by atoms with van der Waals surface area (Å²) in [6.07, 6.45) is 0. The Labute approximate surface area is 148 Å². The van der Waals surface area contributed by atoms with Gasteiger partial charge in [0, 0.05) is 5.69 Å². The van der Waals surface area contributed by atoms with Crippen molar-refractivity contribution >= 4 is 44.2 Å². The summed E-state index contributed by atoms with van der Waals surface area (Å²) in [5.74, 6) is -5.94. The van der Waals surface area contributed by atoms with Gasteiger partial charge in [-0.1, -0.05) is 17.4 Å². The molecule has 6 nitrogen and oxygen atoms in total. The number of benzene rings is 2. The van der Waals surface area contributed by atoms with Crippen molar-refractivity contribution in [3.8, 4) is 0 Å². The van der Waals surface area contributed by atoms with Crippen molar-refractivity contribution in [1.82, 2.24) is 4.98 Å². The Morgan fingerprint density at radius 2 is 1.96 bits per heavy atom. The van der Waals surface area contributed by atoms with Gasteiger partial charge in [-0.2, -0.15) is 0 Å². The molecule has 2 aromatic carbocycles. The summed E-state index contributed by atoms with van der Waals surface area (Å²) in [4.78, 5) is 27.3. The van der Waals surface area contributed by atoms with Crippen molar-refractivity contribution in [3.05, 3.63) is 53.3 Å². The molecule has 1 aromatic heterocycles. The first-order chi connectivity index (χ1) is 12.3. The fourth-order valence-electron chi connectivity index (χ4n) is 2.06. The smallest absolute Gasteiger partial charge is 0.338 e. The number of thiazole rings is 1. The summed E-state index contributed by atoms with van der Waals surface area (Å²) in [7, 11) is 0. The summed E-state index contributed by atoms with van der Waals surface area (Å²) in [6.45, 7) is -0.630. The molecule has 1 amide bonds. The highest BCUT2D eigenvalue weighted by Crippen LogP contribution is 2.30. The Morgan fingerprint density at radius 3 is 2.69 bits per heavy atom. The molecule has 0 fully saturated rings. The average Bonchev–Trinajstić information content (AvgIpc) is 3.00. The average molecular weight is 381 g/mol. The second-order valence-electron chi connectivity index (χ2n) is 5.10. The Morgan fingerprint density at radius 1 is 1.19 bits per heavy atom. The molecule has 0 atom stereocenters. The van der Waals surface area contributed by atoms with Gasteiger partial charge >= 0.3 is 5.97 Å². The van der Waals surface area contributed by atoms with Crippen LogP contribution in [-0.4, -0.2) is 23.5 Å². The second kappa shape index (κ2) is 7.00. The van der Waals surface area contributed by atoms with Crippen LogP contribution in [-0.2, 0) is 9.53 Å². The predicted molar refractivity (Wildman–Crippen MR) is 89.3 cm³/mol. The van der Waals surface area contributed by atoms with Crippen LogP contribution in [0.5, 0.6) is 0 Å². The van der Waals surface area contributed by atoms with E-state index in [1.54, 1.807) is 12.1 Å². The summed E-state index contributed by atoms with van der Waals surface area (Å²) in [5, 5.41) is 2.18. The van der Waals surface area contributed by atoms with E-state index in [0.29, 0.717) is 5.69 Å². The fourth-order valence-corrected chi connectivity index (χ4v) is 2.97. The van der Waals surface area contributed by atoms with Crippen LogP contribution in [0, 0.1) is 17.5 Å². The van der Waals surface area contributed by atoms with Crippen LogP contribution >= 0.6 is 11.3 Å². The van der Waals surface area contributed by atoms with E-state index in [-0.39, 0.29) is 15.4 Å². The number of carbonyl (C=O) groups is 2. The minimum Gasteiger partial charge on any atom is -0.452 e. The van der Waals surface area contributed by atoms with Gasteiger partial charge in [0.2, 0.25) is 0 Å². The molecule has 0 aliphatic carbocycles. The van der Waals surface area contributed by atoms with Gasteiger partial charge in [0.15, 0.2) is 29.2 Å². The first-order valence-corrected chi connectivity index (χ1v) is 7.93. The highest BCUT2D eigenvalue weighted by atomic mass is 32.1. The van der Waals surface area contributed by atoms with Crippen LogP contribution in [0.2, 0.25) is 0 Å². The van der Waals surface area contributed by atoms with Crippen LogP contribution in [0.4, 0.5) is 24.0 Å². The third kappa shape index (κ3) is 3.59. The highest BCUT2D eigenvalue weighted by molar-refractivity contribution is 7.22. The lowest BCUT2D eigenvalue weighted by Gasteiger charge is -2.05. The largest absolute Gasteiger partial charge is 0.452 e. The zero-order valence-electron chi connectivity index (χ0n) is 12.9. The summed E-state index contributed by atoms with van der Waals surface area (Å²) in [5.41, 5.74) is 5.68. The number of rotatable bonds is 4. The number of carbonyl (C=O) groups excluding carboxylic acids is 2. The van der Waals surface area contributed by atoms with E-state index in [4.69, 9.17) is 10.5 Å². The predicted octanol–water partition coefficient (Wildman–Crippen LogP) is 3.09. The van der Waals surface area contributed by atoms with Gasteiger partial charge in [0.25, 0.3) is 5.91 Å². The molecule has 26 heavy (non-hydrogen) atoms. The molecule has 0 saturated heterocycles. The molecule has 3 aromatic rings. The van der Waals surface area contributed by atoms with E-state index in [1.165, 1.54) is 12.1 Å². The van der Waals surface area contributed by atoms with Crippen molar-refractivity contribution in [2.75, 3.05) is 17.7 Å². The van der Waals surface area contributed by atoms with E-state index >= 15 is 0 Å². The number of nitrogen functional groups attached to an aromatic ring is 1. The molecule has 3 N–H and O–H groups in total. The molecule has 10 heteroatoms. The molecular formula is C16H10F3N3O3S. The van der Waals surface area contributed by atoms with E-state index in [2.05, 4.69) is 10.3 Å². The second-order valence-corrected chi connectivity index (χ2v) is 6.13. The molecule has 0 bridgehead atoms. The van der Waals surface area contributed by atoms with E-state index in [0.717, 1.165) is 17.4 Å². The van der Waals surface area contributed by atoms with Crippen LogP contribution in [0.25, 0.3) is 10.2 Å². The lowest BCUT2D eigenvalue weighted by Crippen LogP contribution is -2.20. The monoisotopic (exact) mass is 381 g/mol. The third-order valence-electron chi connectivity index (χ3n) is 3.22. The topological polar surface area (TPSA) is 94.3 Å². The number of anilines is 2. The van der Waals surface area contributed by atoms with E-state index in [1.807, 2.05) is 0 Å². The highest BCUT2D eigenvalue weighted by Gasteiger charge is 2.18. The van der Waals surface area contributed by atoms with Crippen molar-refractivity contribution in [1.29, 1.82) is 0 Å². The fraction of sp³-hybridized carbons (Fsp3) is 0.0625. The lowest BCUT2D eigenvalue weighted by atomic mass is 10.2. The minimum absolute atomic E-state index is 0.0217. The van der Waals surface area contributed by atoms with Gasteiger partial charge in [0.05, 0.1) is 10.3 Å². The number of fused-ring (bicyclic) bond motifs is 1. The first-order valence-electron chi connectivity index (χ1n) is 7.11. The summed E-state index contributed by atoms with van der Waals surface area (Å²) in [6, 6.07) is 6.78. The Kier molecular flexibility index (Phi) is 4.76. The molecule has 1 heterocycles. The maximum absolute atomic E-state index is 13.6. The molecule has 0 saturated carbocycles. The first kappa shape index (κ1) is 17.7. The van der Waals surface area contributed by atoms with Gasteiger partial charge in [-0.3, -0.25) is 10.1 Å². The number of nitrogens with one attached hydrogen (secondary N) is 1. The van der Waals surface area contributed by atoms with Crippen molar-refractivity contribution in [2.45, 2.75) is 0 Å². The number of nitrogens with two attached hydrogens (primary N) is 1. The number of hydrogen-bond donors (Lipinski definition) is 2. The van der Waals surface area contributed by atoms with Crippen LogP contribution < -0.4 is 11.1 Å². The number of ether oxygens (including phenoxy) is 1. The minimum atomic E-state index is -1.64. The summed E-state index contributed by atoms with van der Waals surface area (Å²) < 4.78 is 44.9. The van der Waals surface area contributed by atoms with Gasteiger partial charge in [-0.25, -0.2) is 22.9 Å². The number of aromatic nitrogens is 1. The van der Waals surface area contributed by atoms with Crippen LogP contribution in [0.15, 0.2) is 30.3 Å². The molecule has 0 aliphatic rings. The Balaban J connectivity index is 1.66. The standard InChI is InChI=1S/C16H10F3N3O3S/c17-9-5-10-14(13(19)12(9)18)22-16(26-10)21-11(23)6-25-15(24)7-2-1-3-8(20)4-7/h1-5H,6,20H2,(H,21,22,23). The zero-order chi connectivity index (χ0) is 18.8. The molecule has 0 spiro atoms. The van der Waals surface area contributed by atoms with E-state index in [9.17, 15) is 22.8 Å². The van der Waals surface area contributed by atoms with Crippen molar-refractivity contribution < 1.29 is 27.5 Å². The quantitative estimate of drug-likeness (QED) is 0.411. The van der Waals surface area contributed by atoms with Crippen molar-refractivity contribution in [3.63, 3.8) is 0 Å². The number of amides is 1.